The SMILES string of the molecule is Oc1cccc2[nH]c3cnnc-3cc12. The van der Waals surface area contributed by atoms with Crippen molar-refractivity contribution in [1.82, 2.24) is 15.2 Å². The summed E-state index contributed by atoms with van der Waals surface area (Å²) >= 11 is 0. The highest BCUT2D eigenvalue weighted by molar-refractivity contribution is 5.89. The molecule has 2 aliphatic rings. The van der Waals surface area contributed by atoms with Gasteiger partial charge >= 0.3 is 0 Å². The van der Waals surface area contributed by atoms with Crippen LogP contribution in [0.25, 0.3) is 22.3 Å². The van der Waals surface area contributed by atoms with Crippen molar-refractivity contribution in [2.75, 3.05) is 0 Å². The van der Waals surface area contributed by atoms with Gasteiger partial charge in [-0.25, -0.2) is 0 Å². The lowest BCUT2D eigenvalue weighted by Gasteiger charge is -2.03. The molecule has 0 radical (unpaired) electrons. The Morgan fingerprint density at radius 2 is 2.21 bits per heavy atom. The monoisotopic (exact) mass is 185 g/mol. The van der Waals surface area contributed by atoms with E-state index in [1.54, 1.807) is 18.3 Å². The van der Waals surface area contributed by atoms with E-state index in [4.69, 9.17) is 0 Å². The van der Waals surface area contributed by atoms with Crippen molar-refractivity contribution in [2.45, 2.75) is 0 Å². The van der Waals surface area contributed by atoms with Crippen molar-refractivity contribution < 1.29 is 5.11 Å². The summed E-state index contributed by atoms with van der Waals surface area (Å²) < 4.78 is 0. The average Bonchev–Trinajstić information content (AvgIpc) is 2.62. The van der Waals surface area contributed by atoms with E-state index < -0.39 is 0 Å². The van der Waals surface area contributed by atoms with Gasteiger partial charge in [0, 0.05) is 10.9 Å². The number of H-pyrrole nitrogens is 1. The second-order valence-electron chi connectivity index (χ2n) is 3.15. The Hall–Kier alpha value is -2.10. The van der Waals surface area contributed by atoms with E-state index in [1.165, 1.54) is 0 Å². The first kappa shape index (κ1) is 7.32. The summed E-state index contributed by atoms with van der Waals surface area (Å²) in [6, 6.07) is 7.17. The van der Waals surface area contributed by atoms with Gasteiger partial charge in [0.25, 0.3) is 0 Å². The molecule has 4 heteroatoms. The Kier molecular flexibility index (Phi) is 1.28. The third-order valence-electron chi connectivity index (χ3n) is 2.26. The third-order valence-corrected chi connectivity index (χ3v) is 2.26. The molecule has 1 aromatic rings. The van der Waals surface area contributed by atoms with Crippen LogP contribution >= 0.6 is 0 Å². The van der Waals surface area contributed by atoms with Crippen LogP contribution in [-0.2, 0) is 0 Å². The van der Waals surface area contributed by atoms with Gasteiger partial charge in [-0.2, -0.15) is 5.10 Å². The van der Waals surface area contributed by atoms with Crippen molar-refractivity contribution in [3.05, 3.63) is 30.5 Å². The highest BCUT2D eigenvalue weighted by Crippen LogP contribution is 2.28. The average molecular weight is 185 g/mol. The highest BCUT2D eigenvalue weighted by atomic mass is 16.3. The molecule has 0 aliphatic carbocycles. The van der Waals surface area contributed by atoms with E-state index >= 15 is 0 Å². The molecule has 1 aromatic carbocycles. The zero-order valence-corrected chi connectivity index (χ0v) is 7.23. The van der Waals surface area contributed by atoms with Crippen LogP contribution in [0, 0.1) is 0 Å². The summed E-state index contributed by atoms with van der Waals surface area (Å²) in [6.07, 6.45) is 1.67. The highest BCUT2D eigenvalue weighted by Gasteiger charge is 2.08. The summed E-state index contributed by atoms with van der Waals surface area (Å²) in [5.74, 6) is 0.253. The van der Waals surface area contributed by atoms with Gasteiger partial charge in [0.1, 0.15) is 11.4 Å². The molecular formula is C10H7N3O. The van der Waals surface area contributed by atoms with Crippen LogP contribution in [0.1, 0.15) is 0 Å². The molecule has 0 saturated heterocycles. The van der Waals surface area contributed by atoms with E-state index in [1.807, 2.05) is 12.1 Å². The minimum atomic E-state index is 0.253. The summed E-state index contributed by atoms with van der Waals surface area (Å²) in [6.45, 7) is 0. The van der Waals surface area contributed by atoms with Gasteiger partial charge < -0.3 is 10.1 Å². The molecule has 2 aliphatic heterocycles. The zero-order valence-electron chi connectivity index (χ0n) is 7.23. The number of aromatic amines is 1. The summed E-state index contributed by atoms with van der Waals surface area (Å²) in [5.41, 5.74) is 2.52. The first-order valence-electron chi connectivity index (χ1n) is 4.27. The fourth-order valence-electron chi connectivity index (χ4n) is 1.57. The maximum absolute atomic E-state index is 9.60. The Bertz CT molecular complexity index is 573. The topological polar surface area (TPSA) is 61.8 Å². The molecule has 0 amide bonds. The number of phenols is 1. The molecule has 0 aromatic heterocycles. The second kappa shape index (κ2) is 2.45. The Morgan fingerprint density at radius 1 is 1.29 bits per heavy atom. The van der Waals surface area contributed by atoms with Crippen molar-refractivity contribution >= 4 is 10.9 Å². The fourth-order valence-corrected chi connectivity index (χ4v) is 1.57. The van der Waals surface area contributed by atoms with E-state index in [0.717, 1.165) is 22.3 Å². The lowest BCUT2D eigenvalue weighted by molar-refractivity contribution is 0.481. The number of phenolic OH excluding ortho intramolecular Hbond substituents is 1. The molecule has 68 valence electrons. The van der Waals surface area contributed by atoms with Crippen molar-refractivity contribution in [3.8, 4) is 17.1 Å². The number of benzene rings is 1. The zero-order chi connectivity index (χ0) is 9.54. The van der Waals surface area contributed by atoms with E-state index in [-0.39, 0.29) is 5.75 Å². The Balaban J connectivity index is 2.53. The predicted octanol–water partition coefficient (Wildman–Crippen LogP) is 1.77. The van der Waals surface area contributed by atoms with Gasteiger partial charge in [-0.1, -0.05) is 6.07 Å². The molecule has 0 bridgehead atoms. The molecule has 3 rings (SSSR count). The fraction of sp³-hybridized carbons (Fsp3) is 0. The summed E-state index contributed by atoms with van der Waals surface area (Å²) in [7, 11) is 0. The van der Waals surface area contributed by atoms with Gasteiger partial charge in [0.05, 0.1) is 11.9 Å². The number of pyridine rings is 1. The number of nitrogens with zero attached hydrogens (tertiary/aromatic N) is 2. The second-order valence-corrected chi connectivity index (χ2v) is 3.15. The molecule has 14 heavy (non-hydrogen) atoms. The van der Waals surface area contributed by atoms with Gasteiger partial charge in [-0.05, 0) is 18.2 Å². The van der Waals surface area contributed by atoms with E-state index in [9.17, 15) is 5.11 Å². The largest absolute Gasteiger partial charge is 0.507 e. The van der Waals surface area contributed by atoms with Crippen LogP contribution in [0.4, 0.5) is 0 Å². The number of hydrogen-bond donors (Lipinski definition) is 2. The van der Waals surface area contributed by atoms with Crippen LogP contribution in [0.2, 0.25) is 0 Å². The van der Waals surface area contributed by atoms with Crippen LogP contribution in [0.3, 0.4) is 0 Å². The first-order chi connectivity index (χ1) is 6.84. The molecule has 2 heterocycles. The molecule has 0 spiro atoms. The number of aromatic hydroxyl groups is 1. The maximum Gasteiger partial charge on any atom is 0.124 e. The van der Waals surface area contributed by atoms with Crippen molar-refractivity contribution in [2.24, 2.45) is 0 Å². The molecule has 0 atom stereocenters. The van der Waals surface area contributed by atoms with Crippen LogP contribution < -0.4 is 0 Å². The number of hydrogen-bond acceptors (Lipinski definition) is 3. The van der Waals surface area contributed by atoms with Gasteiger partial charge in [0.15, 0.2) is 0 Å². The van der Waals surface area contributed by atoms with Crippen LogP contribution in [-0.4, -0.2) is 20.3 Å². The normalized spacial score (nSPS) is 11.1. The minimum Gasteiger partial charge on any atom is -0.507 e. The van der Waals surface area contributed by atoms with Crippen LogP contribution in [0.15, 0.2) is 30.5 Å². The summed E-state index contributed by atoms with van der Waals surface area (Å²) in [5, 5.41) is 18.1. The third kappa shape index (κ3) is 0.877. The Morgan fingerprint density at radius 3 is 3.14 bits per heavy atom. The number of rotatable bonds is 0. The predicted molar refractivity (Wildman–Crippen MR) is 52.2 cm³/mol. The maximum atomic E-state index is 9.60. The molecule has 0 fully saturated rings. The van der Waals surface area contributed by atoms with Gasteiger partial charge in [0.2, 0.25) is 0 Å². The molecule has 0 saturated carbocycles. The molecular weight excluding hydrogens is 178 g/mol. The standard InChI is InChI=1S/C10H7N3O/c14-10-3-1-2-7-6(10)4-8-9(12-7)5-11-13-8/h1-5,12,14H. The number of fused-ring (bicyclic) bond motifs is 2. The van der Waals surface area contributed by atoms with Crippen molar-refractivity contribution in [1.29, 1.82) is 0 Å². The lowest BCUT2D eigenvalue weighted by Crippen LogP contribution is -1.85. The van der Waals surface area contributed by atoms with Crippen molar-refractivity contribution in [3.63, 3.8) is 0 Å². The van der Waals surface area contributed by atoms with E-state index in [0.29, 0.717) is 0 Å². The van der Waals surface area contributed by atoms with Gasteiger partial charge in [-0.3, -0.25) is 0 Å². The molecule has 0 unspecified atom stereocenters. The molecule has 2 N–H and O–H groups in total. The first-order valence-corrected chi connectivity index (χ1v) is 4.27. The smallest absolute Gasteiger partial charge is 0.124 e. The molecule has 4 nitrogen and oxygen atoms in total. The summed E-state index contributed by atoms with van der Waals surface area (Å²) in [4.78, 5) is 3.15. The van der Waals surface area contributed by atoms with Crippen LogP contribution in [0.5, 0.6) is 5.75 Å². The quantitative estimate of drug-likeness (QED) is 0.561. The Labute approximate surface area is 79.6 Å². The lowest BCUT2D eigenvalue weighted by atomic mass is 10.1. The minimum absolute atomic E-state index is 0.253. The number of aromatic nitrogens is 3. The van der Waals surface area contributed by atoms with E-state index in [2.05, 4.69) is 15.2 Å². The number of nitrogens with one attached hydrogen (secondary N) is 1. The van der Waals surface area contributed by atoms with Gasteiger partial charge in [-0.15, -0.1) is 5.10 Å².